The van der Waals surface area contributed by atoms with E-state index in [2.05, 4.69) is 17.9 Å². The first-order valence-corrected chi connectivity index (χ1v) is 5.58. The van der Waals surface area contributed by atoms with Gasteiger partial charge in [0.25, 0.3) is 5.91 Å². The number of nitrogens with one attached hydrogen (secondary N) is 1. The largest absolute Gasteiger partial charge is 0.349 e. The van der Waals surface area contributed by atoms with Crippen LogP contribution in [0.4, 0.5) is 5.69 Å². The van der Waals surface area contributed by atoms with Crippen LogP contribution < -0.4 is 10.2 Å². The lowest BCUT2D eigenvalue weighted by Gasteiger charge is -2.14. The van der Waals surface area contributed by atoms with Gasteiger partial charge in [0, 0.05) is 5.75 Å². The summed E-state index contributed by atoms with van der Waals surface area (Å²) in [4.78, 5) is 13.4. The van der Waals surface area contributed by atoms with Crippen molar-refractivity contribution < 1.29 is 4.79 Å². The summed E-state index contributed by atoms with van der Waals surface area (Å²) in [6.45, 7) is 0. The molecule has 1 atom stereocenters. The number of benzene rings is 1. The van der Waals surface area contributed by atoms with Gasteiger partial charge in [0.1, 0.15) is 6.04 Å². The summed E-state index contributed by atoms with van der Waals surface area (Å²) in [6.07, 6.45) is 0. The molecule has 1 aliphatic heterocycles. The Hall–Kier alpha value is -1.07. The van der Waals surface area contributed by atoms with Crippen molar-refractivity contribution in [1.29, 1.82) is 0 Å². The summed E-state index contributed by atoms with van der Waals surface area (Å²) in [5.74, 6) is 0.406. The Morgan fingerprint density at radius 1 is 1.40 bits per heavy atom. The minimum atomic E-state index is -0.305. The molecule has 3 nitrogen and oxygen atoms in total. The van der Waals surface area contributed by atoms with Crippen LogP contribution in [0.25, 0.3) is 0 Å². The molecule has 0 aliphatic carbocycles. The molecule has 1 heterocycles. The van der Waals surface area contributed by atoms with Gasteiger partial charge in [-0.1, -0.05) is 18.2 Å². The van der Waals surface area contributed by atoms with Gasteiger partial charge in [-0.05, 0) is 24.4 Å². The highest BCUT2D eigenvalue weighted by atomic mass is 32.1. The fourth-order valence-electron chi connectivity index (χ4n) is 1.48. The third-order valence-corrected chi connectivity index (χ3v) is 2.88. The highest BCUT2D eigenvalue weighted by Crippen LogP contribution is 2.19. The molecule has 0 saturated carbocycles. The van der Waals surface area contributed by atoms with E-state index < -0.39 is 0 Å². The zero-order valence-electron chi connectivity index (χ0n) is 7.88. The lowest BCUT2D eigenvalue weighted by Crippen LogP contribution is -2.31. The van der Waals surface area contributed by atoms with E-state index >= 15 is 0 Å². The highest BCUT2D eigenvalue weighted by Gasteiger charge is 2.35. The number of hydrogen-bond acceptors (Lipinski definition) is 3. The van der Waals surface area contributed by atoms with Crippen LogP contribution in [0, 0.1) is 0 Å². The van der Waals surface area contributed by atoms with E-state index in [4.69, 9.17) is 12.2 Å². The molecule has 0 spiro atoms. The lowest BCUT2D eigenvalue weighted by molar-refractivity contribution is -0.117. The van der Waals surface area contributed by atoms with Crippen molar-refractivity contribution in [3.05, 3.63) is 30.3 Å². The molecular weight excluding hydrogens is 228 g/mol. The molecular formula is C10H10N2OS2. The summed E-state index contributed by atoms with van der Waals surface area (Å²) in [5.41, 5.74) is 0.796. The van der Waals surface area contributed by atoms with Crippen molar-refractivity contribution in [1.82, 2.24) is 5.32 Å². The van der Waals surface area contributed by atoms with E-state index in [1.807, 2.05) is 30.3 Å². The number of nitrogens with zero attached hydrogens (tertiary/aromatic N) is 1. The van der Waals surface area contributed by atoms with Gasteiger partial charge in [-0.25, -0.2) is 0 Å². The van der Waals surface area contributed by atoms with E-state index in [-0.39, 0.29) is 11.9 Å². The van der Waals surface area contributed by atoms with Crippen LogP contribution in [-0.4, -0.2) is 22.8 Å². The monoisotopic (exact) mass is 238 g/mol. The summed E-state index contributed by atoms with van der Waals surface area (Å²) in [5, 5.41) is 3.38. The molecule has 1 aromatic carbocycles. The standard InChI is InChI=1S/C10H10N2OS2/c13-9-8(6-14)11-10(15)12(9)7-4-2-1-3-5-7/h1-5,8,14H,6H2,(H,11,15)/t8-/m0/s1. The molecule has 1 saturated heterocycles. The lowest BCUT2D eigenvalue weighted by atomic mass is 10.3. The number of thiocarbonyl (C=S) groups is 1. The number of hydrogen-bond donors (Lipinski definition) is 2. The molecule has 0 bridgehead atoms. The Balaban J connectivity index is 2.31. The number of carbonyl (C=O) groups excluding carboxylic acids is 1. The zero-order valence-corrected chi connectivity index (χ0v) is 9.59. The van der Waals surface area contributed by atoms with Gasteiger partial charge in [0.15, 0.2) is 5.11 Å². The van der Waals surface area contributed by atoms with Crippen LogP contribution in [0.15, 0.2) is 30.3 Å². The second-order valence-electron chi connectivity index (χ2n) is 3.19. The Bertz CT molecular complexity index is 394. The molecule has 1 N–H and O–H groups in total. The van der Waals surface area contributed by atoms with E-state index in [0.29, 0.717) is 10.9 Å². The average Bonchev–Trinajstić information content (AvgIpc) is 2.55. The topological polar surface area (TPSA) is 32.3 Å². The van der Waals surface area contributed by atoms with Crippen molar-refractivity contribution in [2.75, 3.05) is 10.7 Å². The first-order chi connectivity index (χ1) is 7.24. The number of thiol groups is 1. The third kappa shape index (κ3) is 1.85. The first-order valence-electron chi connectivity index (χ1n) is 4.54. The molecule has 2 rings (SSSR count). The Morgan fingerprint density at radius 2 is 2.07 bits per heavy atom. The maximum absolute atomic E-state index is 11.9. The van der Waals surface area contributed by atoms with Crippen molar-refractivity contribution >= 4 is 41.6 Å². The van der Waals surface area contributed by atoms with Gasteiger partial charge < -0.3 is 5.32 Å². The maximum atomic E-state index is 11.9. The van der Waals surface area contributed by atoms with Crippen molar-refractivity contribution in [3.8, 4) is 0 Å². The summed E-state index contributed by atoms with van der Waals surface area (Å²) in [7, 11) is 0. The number of rotatable bonds is 2. The van der Waals surface area contributed by atoms with E-state index in [9.17, 15) is 4.79 Å². The third-order valence-electron chi connectivity index (χ3n) is 2.22. The number of para-hydroxylation sites is 1. The Morgan fingerprint density at radius 3 is 2.60 bits per heavy atom. The fourth-order valence-corrected chi connectivity index (χ4v) is 2.06. The molecule has 78 valence electrons. The van der Waals surface area contributed by atoms with Crippen LogP contribution >= 0.6 is 24.8 Å². The SMILES string of the molecule is O=C1[C@H](CS)NC(=S)N1c1ccccc1. The molecule has 15 heavy (non-hydrogen) atoms. The number of anilines is 1. The molecule has 0 unspecified atom stereocenters. The minimum absolute atomic E-state index is 0.0406. The van der Waals surface area contributed by atoms with Gasteiger partial charge in [0.05, 0.1) is 5.69 Å². The van der Waals surface area contributed by atoms with Gasteiger partial charge in [-0.3, -0.25) is 9.69 Å². The molecule has 0 aromatic heterocycles. The van der Waals surface area contributed by atoms with Crippen LogP contribution in [0.2, 0.25) is 0 Å². The quantitative estimate of drug-likeness (QED) is 0.600. The molecule has 1 fully saturated rings. The normalized spacial score (nSPS) is 20.6. The predicted molar refractivity (Wildman–Crippen MR) is 67.3 cm³/mol. The smallest absolute Gasteiger partial charge is 0.256 e. The summed E-state index contributed by atoms with van der Waals surface area (Å²) in [6, 6.07) is 9.05. The zero-order chi connectivity index (χ0) is 10.8. The van der Waals surface area contributed by atoms with Crippen LogP contribution in [0.3, 0.4) is 0 Å². The van der Waals surface area contributed by atoms with Crippen LogP contribution in [0.1, 0.15) is 0 Å². The molecule has 1 aromatic rings. The van der Waals surface area contributed by atoms with Crippen molar-refractivity contribution in [2.24, 2.45) is 0 Å². The Kier molecular flexibility index (Phi) is 2.93. The molecule has 1 aliphatic rings. The van der Waals surface area contributed by atoms with Gasteiger partial charge in [-0.2, -0.15) is 12.6 Å². The number of amides is 1. The van der Waals surface area contributed by atoms with Gasteiger partial charge >= 0.3 is 0 Å². The second-order valence-corrected chi connectivity index (χ2v) is 3.95. The molecule has 5 heteroatoms. The molecule has 1 amide bonds. The number of carbonyl (C=O) groups is 1. The van der Waals surface area contributed by atoms with Crippen LogP contribution in [-0.2, 0) is 4.79 Å². The highest BCUT2D eigenvalue weighted by molar-refractivity contribution is 7.81. The summed E-state index contributed by atoms with van der Waals surface area (Å²) < 4.78 is 0. The van der Waals surface area contributed by atoms with Gasteiger partial charge in [0.2, 0.25) is 0 Å². The van der Waals surface area contributed by atoms with Crippen molar-refractivity contribution in [3.63, 3.8) is 0 Å². The fraction of sp³-hybridized carbons (Fsp3) is 0.200. The molecule has 0 radical (unpaired) electrons. The maximum Gasteiger partial charge on any atom is 0.256 e. The Labute approximate surface area is 98.9 Å². The predicted octanol–water partition coefficient (Wildman–Crippen LogP) is 1.21. The van der Waals surface area contributed by atoms with Crippen molar-refractivity contribution in [2.45, 2.75) is 6.04 Å². The van der Waals surface area contributed by atoms with E-state index in [0.717, 1.165) is 5.69 Å². The second kappa shape index (κ2) is 4.20. The van der Waals surface area contributed by atoms with E-state index in [1.54, 1.807) is 0 Å². The van der Waals surface area contributed by atoms with E-state index in [1.165, 1.54) is 4.90 Å². The minimum Gasteiger partial charge on any atom is -0.349 e. The van der Waals surface area contributed by atoms with Crippen LogP contribution in [0.5, 0.6) is 0 Å². The average molecular weight is 238 g/mol. The van der Waals surface area contributed by atoms with Gasteiger partial charge in [-0.15, -0.1) is 0 Å². The summed E-state index contributed by atoms with van der Waals surface area (Å²) >= 11 is 9.20. The first kappa shape index (κ1) is 10.4.